The molecule has 0 aliphatic heterocycles. The van der Waals surface area contributed by atoms with Crippen LogP contribution in [0.25, 0.3) is 4.85 Å². The first kappa shape index (κ1) is 12.7. The zero-order chi connectivity index (χ0) is 13.7. The molecule has 0 aliphatic carbocycles. The molecule has 2 rings (SSSR count). The number of nitrogens with zero attached hydrogens (tertiary/aromatic N) is 4. The molecule has 0 N–H and O–H groups in total. The van der Waals surface area contributed by atoms with Crippen LogP contribution in [-0.4, -0.2) is 9.78 Å². The largest absolute Gasteiger partial charge is 0.454 e. The Labute approximate surface area is 111 Å². The minimum Gasteiger partial charge on any atom is -0.454 e. The minimum absolute atomic E-state index is 0.201. The number of benzene rings is 1. The van der Waals surface area contributed by atoms with Crippen LogP contribution in [0, 0.1) is 17.9 Å². The van der Waals surface area contributed by atoms with Crippen LogP contribution in [0.15, 0.2) is 30.5 Å². The topological polar surface area (TPSA) is 55.2 Å². The molecule has 0 atom stereocenters. The molecule has 1 heterocycles. The van der Waals surface area contributed by atoms with Crippen molar-refractivity contribution in [3.8, 4) is 17.6 Å². The van der Waals surface area contributed by atoms with Crippen molar-refractivity contribution >= 4 is 5.69 Å². The van der Waals surface area contributed by atoms with Crippen molar-refractivity contribution in [2.75, 3.05) is 0 Å². The number of aromatic nitrogens is 2. The van der Waals surface area contributed by atoms with E-state index in [1.54, 1.807) is 35.1 Å². The highest BCUT2D eigenvalue weighted by molar-refractivity contribution is 5.48. The summed E-state index contributed by atoms with van der Waals surface area (Å²) in [6, 6.07) is 8.93. The Morgan fingerprint density at radius 2 is 2.16 bits per heavy atom. The van der Waals surface area contributed by atoms with E-state index >= 15 is 0 Å². The second-order valence-corrected chi connectivity index (χ2v) is 3.86. The number of ether oxygens (including phenoxy) is 1. The summed E-state index contributed by atoms with van der Waals surface area (Å²) in [6.45, 7) is 9.07. The van der Waals surface area contributed by atoms with E-state index < -0.39 is 0 Å². The molecule has 1 aromatic heterocycles. The van der Waals surface area contributed by atoms with Crippen LogP contribution >= 0.6 is 0 Å². The molecule has 0 saturated heterocycles. The molecule has 0 amide bonds. The van der Waals surface area contributed by atoms with Crippen molar-refractivity contribution in [2.24, 2.45) is 0 Å². The summed E-state index contributed by atoms with van der Waals surface area (Å²) in [4.78, 5) is 3.32. The lowest BCUT2D eigenvalue weighted by molar-refractivity contribution is 0.476. The van der Waals surface area contributed by atoms with E-state index in [9.17, 15) is 0 Å². The lowest BCUT2D eigenvalue weighted by atomic mass is 10.3. The van der Waals surface area contributed by atoms with Gasteiger partial charge >= 0.3 is 0 Å². The zero-order valence-electron chi connectivity index (χ0n) is 10.5. The number of hydrogen-bond donors (Lipinski definition) is 0. The Morgan fingerprint density at radius 3 is 2.74 bits per heavy atom. The van der Waals surface area contributed by atoms with Gasteiger partial charge in [-0.2, -0.15) is 10.4 Å². The van der Waals surface area contributed by atoms with Crippen LogP contribution < -0.4 is 4.74 Å². The van der Waals surface area contributed by atoms with Gasteiger partial charge in [-0.15, -0.1) is 0 Å². The molecular weight excluding hydrogens is 240 g/mol. The zero-order valence-corrected chi connectivity index (χ0v) is 10.5. The van der Waals surface area contributed by atoms with E-state index in [1.807, 2.05) is 13.0 Å². The average molecular weight is 252 g/mol. The molecule has 1 aromatic carbocycles. The predicted molar refractivity (Wildman–Crippen MR) is 70.0 cm³/mol. The number of rotatable bonds is 4. The third-order valence-electron chi connectivity index (χ3n) is 2.56. The number of hydrogen-bond acceptors (Lipinski definition) is 3. The fourth-order valence-corrected chi connectivity index (χ4v) is 1.64. The summed E-state index contributed by atoms with van der Waals surface area (Å²) in [5.41, 5.74) is 1.38. The molecule has 2 aromatic rings. The van der Waals surface area contributed by atoms with Gasteiger partial charge in [0, 0.05) is 0 Å². The van der Waals surface area contributed by atoms with Gasteiger partial charge in [0.25, 0.3) is 0 Å². The Kier molecular flexibility index (Phi) is 3.80. The second-order valence-electron chi connectivity index (χ2n) is 3.86. The monoisotopic (exact) mass is 252 g/mol. The van der Waals surface area contributed by atoms with Gasteiger partial charge in [0.1, 0.15) is 18.0 Å². The molecule has 0 radical (unpaired) electrons. The van der Waals surface area contributed by atoms with Crippen LogP contribution in [-0.2, 0) is 13.0 Å². The van der Waals surface area contributed by atoms with E-state index in [1.165, 1.54) is 0 Å². The predicted octanol–water partition coefficient (Wildman–Crippen LogP) is 3.31. The van der Waals surface area contributed by atoms with Crippen LogP contribution in [0.5, 0.6) is 11.5 Å². The number of nitriles is 1. The Morgan fingerprint density at radius 1 is 1.42 bits per heavy atom. The van der Waals surface area contributed by atoms with Crippen molar-refractivity contribution in [1.82, 2.24) is 9.78 Å². The Bertz CT molecular complexity index is 644. The normalized spacial score (nSPS) is 9.63. The van der Waals surface area contributed by atoms with Crippen LogP contribution in [0.2, 0.25) is 0 Å². The van der Waals surface area contributed by atoms with Gasteiger partial charge in [0.05, 0.1) is 18.8 Å². The quantitative estimate of drug-likeness (QED) is 0.784. The number of aryl methyl sites for hydroxylation is 1. The molecule has 0 aliphatic rings. The van der Waals surface area contributed by atoms with Crippen LogP contribution in [0.4, 0.5) is 5.69 Å². The molecule has 5 nitrogen and oxygen atoms in total. The molecule has 5 heteroatoms. The molecule has 0 spiro atoms. The summed E-state index contributed by atoms with van der Waals surface area (Å²) < 4.78 is 7.29. The van der Waals surface area contributed by atoms with Gasteiger partial charge in [-0.25, -0.2) is 4.85 Å². The first-order chi connectivity index (χ1) is 9.26. The van der Waals surface area contributed by atoms with Gasteiger partial charge in [-0.1, -0.05) is 19.1 Å². The van der Waals surface area contributed by atoms with E-state index in [0.717, 1.165) is 12.1 Å². The highest BCUT2D eigenvalue weighted by Crippen LogP contribution is 2.26. The third-order valence-corrected chi connectivity index (χ3v) is 2.56. The lowest BCUT2D eigenvalue weighted by Gasteiger charge is -2.04. The molecular formula is C14H12N4O. The fraction of sp³-hybridized carbons (Fsp3) is 0.214. The van der Waals surface area contributed by atoms with Gasteiger partial charge in [0.2, 0.25) is 0 Å². The van der Waals surface area contributed by atoms with Gasteiger partial charge in [0.15, 0.2) is 11.4 Å². The van der Waals surface area contributed by atoms with Crippen molar-refractivity contribution in [1.29, 1.82) is 5.26 Å². The Balaban J connectivity index is 2.22. The molecule has 0 saturated carbocycles. The lowest BCUT2D eigenvalue weighted by Crippen LogP contribution is -1.96. The van der Waals surface area contributed by atoms with Gasteiger partial charge in [-0.05, 0) is 18.6 Å². The summed E-state index contributed by atoms with van der Waals surface area (Å²) in [5.74, 6) is 1.30. The smallest absolute Gasteiger partial charge is 0.187 e. The van der Waals surface area contributed by atoms with Crippen molar-refractivity contribution < 1.29 is 4.74 Å². The Hall–Kier alpha value is -2.79. The van der Waals surface area contributed by atoms with E-state index in [0.29, 0.717) is 17.2 Å². The van der Waals surface area contributed by atoms with Crippen LogP contribution in [0.1, 0.15) is 12.6 Å². The molecule has 0 unspecified atom stereocenters. The van der Waals surface area contributed by atoms with E-state index in [2.05, 4.69) is 9.94 Å². The van der Waals surface area contributed by atoms with Gasteiger partial charge < -0.3 is 4.74 Å². The fourth-order valence-electron chi connectivity index (χ4n) is 1.64. The maximum absolute atomic E-state index is 8.66. The van der Waals surface area contributed by atoms with E-state index in [-0.39, 0.29) is 6.54 Å². The first-order valence-electron chi connectivity index (χ1n) is 5.85. The summed E-state index contributed by atoms with van der Waals surface area (Å²) in [7, 11) is 0. The second kappa shape index (κ2) is 5.70. The van der Waals surface area contributed by atoms with Crippen LogP contribution in [0.3, 0.4) is 0 Å². The first-order valence-corrected chi connectivity index (χ1v) is 5.85. The maximum atomic E-state index is 8.66. The standard InChI is InChI=1S/C14H12N4O/c1-3-13-14(10-18(17-13)9-8-15)19-12-6-4-11(16-2)5-7-12/h4-7,10H,3,9H2,1H3. The molecule has 0 fully saturated rings. The highest BCUT2D eigenvalue weighted by atomic mass is 16.5. The van der Waals surface area contributed by atoms with Crippen molar-refractivity contribution in [2.45, 2.75) is 19.9 Å². The van der Waals surface area contributed by atoms with Gasteiger partial charge in [-0.3, -0.25) is 4.68 Å². The SMILES string of the molecule is [C-]#[N+]c1ccc(Oc2cn(CC#N)nc2CC)cc1. The maximum Gasteiger partial charge on any atom is 0.187 e. The average Bonchev–Trinajstić information content (AvgIpc) is 2.82. The molecule has 94 valence electrons. The van der Waals surface area contributed by atoms with Crippen molar-refractivity contribution in [3.63, 3.8) is 0 Å². The molecule has 19 heavy (non-hydrogen) atoms. The van der Waals surface area contributed by atoms with E-state index in [4.69, 9.17) is 16.6 Å². The highest BCUT2D eigenvalue weighted by Gasteiger charge is 2.09. The molecule has 0 bridgehead atoms. The summed E-state index contributed by atoms with van der Waals surface area (Å²) >= 11 is 0. The summed E-state index contributed by atoms with van der Waals surface area (Å²) in [5, 5.41) is 12.9. The van der Waals surface area contributed by atoms with Crippen molar-refractivity contribution in [3.05, 3.63) is 47.6 Å². The third kappa shape index (κ3) is 2.91. The summed E-state index contributed by atoms with van der Waals surface area (Å²) in [6.07, 6.45) is 2.44. The minimum atomic E-state index is 0.201.